The highest BCUT2D eigenvalue weighted by Crippen LogP contribution is 2.26. The standard InChI is InChI=1S/C18H34N4O/c1-4-13(5-2)12-20-18(19-3)22-16-8-6-7-14(11-16)17(23)21-15-9-10-15/h13-16H,4-12H2,1-3H3,(H,21,23)(H2,19,20,22). The van der Waals surface area contributed by atoms with Gasteiger partial charge in [-0.05, 0) is 38.0 Å². The van der Waals surface area contributed by atoms with E-state index in [1.807, 2.05) is 7.05 Å². The molecule has 0 aromatic rings. The monoisotopic (exact) mass is 322 g/mol. The van der Waals surface area contributed by atoms with E-state index in [9.17, 15) is 4.79 Å². The average molecular weight is 322 g/mol. The van der Waals surface area contributed by atoms with Crippen LogP contribution in [0.3, 0.4) is 0 Å². The second kappa shape index (κ2) is 9.14. The lowest BCUT2D eigenvalue weighted by Gasteiger charge is -2.30. The topological polar surface area (TPSA) is 65.5 Å². The minimum atomic E-state index is 0.166. The molecule has 1 amide bonds. The maximum Gasteiger partial charge on any atom is 0.223 e. The number of carbonyl (C=O) groups is 1. The van der Waals surface area contributed by atoms with Gasteiger partial charge >= 0.3 is 0 Å². The zero-order valence-electron chi connectivity index (χ0n) is 15.0. The Morgan fingerprint density at radius 1 is 1.09 bits per heavy atom. The molecule has 0 aromatic carbocycles. The first-order valence-electron chi connectivity index (χ1n) is 9.43. The van der Waals surface area contributed by atoms with Gasteiger partial charge in [0.05, 0.1) is 0 Å². The fourth-order valence-corrected chi connectivity index (χ4v) is 3.31. The summed E-state index contributed by atoms with van der Waals surface area (Å²) in [6.45, 7) is 5.43. The Morgan fingerprint density at radius 3 is 2.43 bits per heavy atom. The van der Waals surface area contributed by atoms with Crippen molar-refractivity contribution in [1.29, 1.82) is 0 Å². The molecule has 132 valence electrons. The van der Waals surface area contributed by atoms with Gasteiger partial charge in [0.25, 0.3) is 0 Å². The lowest BCUT2D eigenvalue weighted by molar-refractivity contribution is -0.126. The van der Waals surface area contributed by atoms with Gasteiger partial charge in [0.1, 0.15) is 0 Å². The lowest BCUT2D eigenvalue weighted by atomic mass is 9.85. The summed E-state index contributed by atoms with van der Waals surface area (Å²) in [6.07, 6.45) is 8.88. The molecule has 0 spiro atoms. The van der Waals surface area contributed by atoms with E-state index in [4.69, 9.17) is 0 Å². The molecule has 5 heteroatoms. The molecule has 0 heterocycles. The van der Waals surface area contributed by atoms with Crippen LogP contribution in [0.15, 0.2) is 4.99 Å². The number of aliphatic imine (C=N–C) groups is 1. The molecule has 2 saturated carbocycles. The van der Waals surface area contributed by atoms with Gasteiger partial charge in [-0.1, -0.05) is 33.1 Å². The van der Waals surface area contributed by atoms with Crippen LogP contribution in [0.5, 0.6) is 0 Å². The van der Waals surface area contributed by atoms with E-state index in [2.05, 4.69) is 34.8 Å². The number of carbonyl (C=O) groups excluding carboxylic acids is 1. The third-order valence-corrected chi connectivity index (χ3v) is 5.25. The number of nitrogens with zero attached hydrogens (tertiary/aromatic N) is 1. The van der Waals surface area contributed by atoms with Crippen LogP contribution in [-0.4, -0.2) is 37.5 Å². The highest BCUT2D eigenvalue weighted by Gasteiger charge is 2.31. The SMILES string of the molecule is CCC(CC)CNC(=NC)NC1CCCC(C(=O)NC2CC2)C1. The minimum Gasteiger partial charge on any atom is -0.356 e. The van der Waals surface area contributed by atoms with E-state index in [-0.39, 0.29) is 11.8 Å². The molecule has 2 aliphatic carbocycles. The number of hydrogen-bond donors (Lipinski definition) is 3. The number of amides is 1. The Hall–Kier alpha value is -1.26. The molecule has 2 unspecified atom stereocenters. The predicted molar refractivity (Wildman–Crippen MR) is 95.5 cm³/mol. The highest BCUT2D eigenvalue weighted by atomic mass is 16.2. The third kappa shape index (κ3) is 6.04. The maximum atomic E-state index is 12.3. The molecule has 0 bridgehead atoms. The van der Waals surface area contributed by atoms with Gasteiger partial charge in [-0.15, -0.1) is 0 Å². The fourth-order valence-electron chi connectivity index (χ4n) is 3.31. The molecule has 0 aromatic heterocycles. The molecule has 0 saturated heterocycles. The molecule has 2 atom stereocenters. The second-order valence-corrected chi connectivity index (χ2v) is 7.12. The quantitative estimate of drug-likeness (QED) is 0.498. The van der Waals surface area contributed by atoms with E-state index in [1.165, 1.54) is 12.8 Å². The van der Waals surface area contributed by atoms with E-state index in [0.717, 1.165) is 51.0 Å². The molecule has 5 nitrogen and oxygen atoms in total. The summed E-state index contributed by atoms with van der Waals surface area (Å²) in [4.78, 5) is 16.6. The maximum absolute atomic E-state index is 12.3. The number of rotatable bonds is 7. The van der Waals surface area contributed by atoms with Crippen molar-refractivity contribution in [2.24, 2.45) is 16.8 Å². The van der Waals surface area contributed by atoms with Crippen LogP contribution in [-0.2, 0) is 4.79 Å². The summed E-state index contributed by atoms with van der Waals surface area (Å²) in [6, 6.07) is 0.817. The highest BCUT2D eigenvalue weighted by molar-refractivity contribution is 5.81. The summed E-state index contributed by atoms with van der Waals surface area (Å²) in [7, 11) is 1.82. The van der Waals surface area contributed by atoms with Gasteiger partial charge in [-0.3, -0.25) is 9.79 Å². The van der Waals surface area contributed by atoms with Gasteiger partial charge in [-0.2, -0.15) is 0 Å². The van der Waals surface area contributed by atoms with Crippen molar-refractivity contribution in [2.75, 3.05) is 13.6 Å². The van der Waals surface area contributed by atoms with Crippen LogP contribution in [0.4, 0.5) is 0 Å². The smallest absolute Gasteiger partial charge is 0.223 e. The Bertz CT molecular complexity index is 402. The summed E-state index contributed by atoms with van der Waals surface area (Å²) < 4.78 is 0. The van der Waals surface area contributed by atoms with Crippen LogP contribution < -0.4 is 16.0 Å². The molecular formula is C18H34N4O. The predicted octanol–water partition coefficient (Wildman–Crippen LogP) is 2.42. The first kappa shape index (κ1) is 18.1. The first-order chi connectivity index (χ1) is 11.2. The van der Waals surface area contributed by atoms with Crippen molar-refractivity contribution in [3.63, 3.8) is 0 Å². The molecule has 0 aliphatic heterocycles. The van der Waals surface area contributed by atoms with E-state index < -0.39 is 0 Å². The van der Waals surface area contributed by atoms with Crippen molar-refractivity contribution in [1.82, 2.24) is 16.0 Å². The lowest BCUT2D eigenvalue weighted by Crippen LogP contribution is -2.48. The normalized spacial score (nSPS) is 25.3. The van der Waals surface area contributed by atoms with Gasteiger partial charge in [0.15, 0.2) is 5.96 Å². The molecule has 2 rings (SSSR count). The van der Waals surface area contributed by atoms with Crippen LogP contribution in [0.1, 0.15) is 65.2 Å². The van der Waals surface area contributed by atoms with Crippen molar-refractivity contribution in [3.05, 3.63) is 0 Å². The fraction of sp³-hybridized carbons (Fsp3) is 0.889. The number of guanidine groups is 1. The summed E-state index contributed by atoms with van der Waals surface area (Å²) in [5.41, 5.74) is 0. The summed E-state index contributed by atoms with van der Waals surface area (Å²) in [5, 5.41) is 10.1. The van der Waals surface area contributed by atoms with E-state index >= 15 is 0 Å². The van der Waals surface area contributed by atoms with Crippen LogP contribution in [0.2, 0.25) is 0 Å². The van der Waals surface area contributed by atoms with Crippen molar-refractivity contribution < 1.29 is 4.79 Å². The third-order valence-electron chi connectivity index (χ3n) is 5.25. The zero-order valence-corrected chi connectivity index (χ0v) is 15.0. The zero-order chi connectivity index (χ0) is 16.7. The molecule has 3 N–H and O–H groups in total. The Labute approximate surface area is 141 Å². The second-order valence-electron chi connectivity index (χ2n) is 7.12. The summed E-state index contributed by atoms with van der Waals surface area (Å²) >= 11 is 0. The first-order valence-corrected chi connectivity index (χ1v) is 9.43. The molecular weight excluding hydrogens is 288 g/mol. The van der Waals surface area contributed by atoms with Crippen molar-refractivity contribution in [3.8, 4) is 0 Å². The summed E-state index contributed by atoms with van der Waals surface area (Å²) in [5.74, 6) is 2.00. The van der Waals surface area contributed by atoms with Crippen LogP contribution >= 0.6 is 0 Å². The van der Waals surface area contributed by atoms with Crippen molar-refractivity contribution >= 4 is 11.9 Å². The Balaban J connectivity index is 1.76. The van der Waals surface area contributed by atoms with Crippen LogP contribution in [0.25, 0.3) is 0 Å². The number of hydrogen-bond acceptors (Lipinski definition) is 2. The van der Waals surface area contributed by atoms with E-state index in [0.29, 0.717) is 18.0 Å². The molecule has 2 aliphatic rings. The Morgan fingerprint density at radius 2 is 1.83 bits per heavy atom. The molecule has 0 radical (unpaired) electrons. The van der Waals surface area contributed by atoms with Gasteiger partial charge in [0.2, 0.25) is 5.91 Å². The van der Waals surface area contributed by atoms with Crippen LogP contribution in [0, 0.1) is 11.8 Å². The van der Waals surface area contributed by atoms with Gasteiger partial charge in [0, 0.05) is 31.6 Å². The molecule has 23 heavy (non-hydrogen) atoms. The number of nitrogens with one attached hydrogen (secondary N) is 3. The largest absolute Gasteiger partial charge is 0.356 e. The minimum absolute atomic E-state index is 0.166. The molecule has 2 fully saturated rings. The van der Waals surface area contributed by atoms with E-state index in [1.54, 1.807) is 0 Å². The Kier molecular flexibility index (Phi) is 7.18. The van der Waals surface area contributed by atoms with Gasteiger partial charge in [-0.25, -0.2) is 0 Å². The average Bonchev–Trinajstić information content (AvgIpc) is 3.38. The van der Waals surface area contributed by atoms with Gasteiger partial charge < -0.3 is 16.0 Å². The van der Waals surface area contributed by atoms with Crippen molar-refractivity contribution in [2.45, 2.75) is 77.3 Å².